The fourth-order valence-electron chi connectivity index (χ4n) is 2.79. The number of aromatic nitrogens is 1. The van der Waals surface area contributed by atoms with E-state index in [1.807, 2.05) is 19.1 Å². The fourth-order valence-corrected chi connectivity index (χ4v) is 2.94. The second-order valence-corrected chi connectivity index (χ2v) is 5.82. The number of benzene rings is 1. The van der Waals surface area contributed by atoms with Gasteiger partial charge < -0.3 is 10.2 Å². The zero-order chi connectivity index (χ0) is 17.3. The Balaban J connectivity index is 1.93. The Bertz CT molecular complexity index is 825. The zero-order valence-corrected chi connectivity index (χ0v) is 13.7. The molecule has 124 valence electrons. The van der Waals surface area contributed by atoms with E-state index in [0.29, 0.717) is 25.1 Å². The van der Waals surface area contributed by atoms with Crippen LogP contribution in [0.15, 0.2) is 30.5 Å². The van der Waals surface area contributed by atoms with Crippen LogP contribution in [0.3, 0.4) is 0 Å². The molecule has 2 aromatic rings. The van der Waals surface area contributed by atoms with Crippen molar-refractivity contribution in [2.45, 2.75) is 19.8 Å². The van der Waals surface area contributed by atoms with Crippen molar-refractivity contribution in [3.63, 3.8) is 0 Å². The second kappa shape index (κ2) is 6.45. The van der Waals surface area contributed by atoms with Gasteiger partial charge in [0.15, 0.2) is 0 Å². The topological polar surface area (TPSA) is 88.4 Å². The Morgan fingerprint density at radius 2 is 2.17 bits per heavy atom. The maximum Gasteiger partial charge on any atom is 0.313 e. The number of hydrogen-bond donors (Lipinski definition) is 1. The lowest BCUT2D eigenvalue weighted by molar-refractivity contribution is -0.384. The first-order valence-corrected chi connectivity index (χ1v) is 7.87. The minimum atomic E-state index is -0.531. The van der Waals surface area contributed by atoms with Crippen molar-refractivity contribution in [3.8, 4) is 0 Å². The van der Waals surface area contributed by atoms with Gasteiger partial charge in [-0.1, -0.05) is 11.6 Å². The Labute approximate surface area is 143 Å². The number of carbonyl (C=O) groups excluding carboxylic acids is 1. The predicted octanol–water partition coefficient (Wildman–Crippen LogP) is 3.69. The van der Waals surface area contributed by atoms with Crippen LogP contribution in [0.5, 0.6) is 0 Å². The highest BCUT2D eigenvalue weighted by Crippen LogP contribution is 2.33. The van der Waals surface area contributed by atoms with Crippen molar-refractivity contribution in [1.29, 1.82) is 0 Å². The number of anilines is 3. The number of carbonyl (C=O) groups is 1. The fraction of sp³-hybridized carbons (Fsp3) is 0.250. The third-order valence-electron chi connectivity index (χ3n) is 3.89. The van der Waals surface area contributed by atoms with Crippen LogP contribution in [-0.4, -0.2) is 22.4 Å². The van der Waals surface area contributed by atoms with Gasteiger partial charge in [-0.25, -0.2) is 4.98 Å². The molecule has 8 heteroatoms. The summed E-state index contributed by atoms with van der Waals surface area (Å²) < 4.78 is 0. The standard InChI is InChI=1S/C16H15ClN4O3/c1-2-20-13-5-4-12(7-10(13)3-6-15(20)22)19-16-14(21(23)24)8-11(17)9-18-16/h4-5,7-9H,2-3,6H2,1H3,(H,18,19). The summed E-state index contributed by atoms with van der Waals surface area (Å²) in [7, 11) is 0. The van der Waals surface area contributed by atoms with Gasteiger partial charge in [-0.2, -0.15) is 0 Å². The van der Waals surface area contributed by atoms with E-state index in [4.69, 9.17) is 11.6 Å². The van der Waals surface area contributed by atoms with Crippen LogP contribution in [0.25, 0.3) is 0 Å². The van der Waals surface area contributed by atoms with E-state index in [9.17, 15) is 14.9 Å². The number of fused-ring (bicyclic) bond motifs is 1. The summed E-state index contributed by atoms with van der Waals surface area (Å²) >= 11 is 5.77. The maximum absolute atomic E-state index is 11.9. The third kappa shape index (κ3) is 3.03. The largest absolute Gasteiger partial charge is 0.334 e. The van der Waals surface area contributed by atoms with Crippen molar-refractivity contribution in [1.82, 2.24) is 4.98 Å². The SMILES string of the molecule is CCN1C(=O)CCc2cc(Nc3ncc(Cl)cc3[N+](=O)[O-])ccc21. The van der Waals surface area contributed by atoms with Crippen molar-refractivity contribution in [2.24, 2.45) is 0 Å². The molecule has 1 aliphatic heterocycles. The first-order chi connectivity index (χ1) is 11.5. The molecular weight excluding hydrogens is 332 g/mol. The van der Waals surface area contributed by atoms with Crippen molar-refractivity contribution in [3.05, 3.63) is 51.2 Å². The number of pyridine rings is 1. The maximum atomic E-state index is 11.9. The normalized spacial score (nSPS) is 13.6. The lowest BCUT2D eigenvalue weighted by atomic mass is 10.0. The van der Waals surface area contributed by atoms with E-state index < -0.39 is 4.92 Å². The molecule has 0 fully saturated rings. The molecule has 24 heavy (non-hydrogen) atoms. The molecule has 1 N–H and O–H groups in total. The zero-order valence-electron chi connectivity index (χ0n) is 13.0. The van der Waals surface area contributed by atoms with Gasteiger partial charge in [-0.05, 0) is 37.1 Å². The summed E-state index contributed by atoms with van der Waals surface area (Å²) in [6, 6.07) is 6.78. The van der Waals surface area contributed by atoms with E-state index in [0.717, 1.165) is 11.3 Å². The van der Waals surface area contributed by atoms with Crippen molar-refractivity contribution in [2.75, 3.05) is 16.8 Å². The molecule has 0 aliphatic carbocycles. The number of halogens is 1. The highest BCUT2D eigenvalue weighted by atomic mass is 35.5. The summed E-state index contributed by atoms with van der Waals surface area (Å²) in [6.07, 6.45) is 2.47. The molecule has 0 bridgehead atoms. The number of rotatable bonds is 4. The van der Waals surface area contributed by atoms with E-state index in [1.54, 1.807) is 11.0 Å². The second-order valence-electron chi connectivity index (χ2n) is 5.38. The van der Waals surface area contributed by atoms with Gasteiger partial charge in [-0.3, -0.25) is 14.9 Å². The average Bonchev–Trinajstić information content (AvgIpc) is 2.56. The number of aryl methyl sites for hydroxylation is 1. The number of nitrogens with one attached hydrogen (secondary N) is 1. The minimum Gasteiger partial charge on any atom is -0.334 e. The van der Waals surface area contributed by atoms with Crippen LogP contribution in [0.1, 0.15) is 18.9 Å². The van der Waals surface area contributed by atoms with Crippen LogP contribution in [0, 0.1) is 10.1 Å². The lowest BCUT2D eigenvalue weighted by Gasteiger charge is -2.28. The number of nitro groups is 1. The van der Waals surface area contributed by atoms with E-state index >= 15 is 0 Å². The molecule has 0 saturated carbocycles. The van der Waals surface area contributed by atoms with Crippen LogP contribution in [0.4, 0.5) is 22.9 Å². The van der Waals surface area contributed by atoms with Crippen LogP contribution in [0.2, 0.25) is 5.02 Å². The van der Waals surface area contributed by atoms with Crippen LogP contribution >= 0.6 is 11.6 Å². The summed E-state index contributed by atoms with van der Waals surface area (Å²) in [5.74, 6) is 0.240. The molecule has 1 aliphatic rings. The van der Waals surface area contributed by atoms with Gasteiger partial charge in [-0.15, -0.1) is 0 Å². The highest BCUT2D eigenvalue weighted by molar-refractivity contribution is 6.30. The van der Waals surface area contributed by atoms with E-state index in [-0.39, 0.29) is 22.4 Å². The molecule has 7 nitrogen and oxygen atoms in total. The van der Waals surface area contributed by atoms with Gasteiger partial charge in [0.05, 0.1) is 9.95 Å². The van der Waals surface area contributed by atoms with Gasteiger partial charge in [0.2, 0.25) is 11.7 Å². The number of amides is 1. The average molecular weight is 347 g/mol. The van der Waals surface area contributed by atoms with Gasteiger partial charge in [0, 0.05) is 36.6 Å². The Morgan fingerprint density at radius 3 is 2.88 bits per heavy atom. The summed E-state index contributed by atoms with van der Waals surface area (Å²) in [5.41, 5.74) is 2.40. The Morgan fingerprint density at radius 1 is 1.38 bits per heavy atom. The Hall–Kier alpha value is -2.67. The monoisotopic (exact) mass is 346 g/mol. The molecule has 1 aromatic heterocycles. The van der Waals surface area contributed by atoms with Gasteiger partial charge in [0.1, 0.15) is 0 Å². The third-order valence-corrected chi connectivity index (χ3v) is 4.10. The molecule has 0 radical (unpaired) electrons. The molecule has 3 rings (SSSR count). The summed E-state index contributed by atoms with van der Waals surface area (Å²) in [4.78, 5) is 28.3. The first-order valence-electron chi connectivity index (χ1n) is 7.50. The molecule has 1 aromatic carbocycles. The Kier molecular flexibility index (Phi) is 4.35. The number of hydrogen-bond acceptors (Lipinski definition) is 5. The van der Waals surface area contributed by atoms with Gasteiger partial charge >= 0.3 is 5.69 Å². The van der Waals surface area contributed by atoms with E-state index in [1.165, 1.54) is 12.3 Å². The molecule has 0 spiro atoms. The lowest BCUT2D eigenvalue weighted by Crippen LogP contribution is -2.34. The van der Waals surface area contributed by atoms with Gasteiger partial charge in [0.25, 0.3) is 0 Å². The summed E-state index contributed by atoms with van der Waals surface area (Å²) in [6.45, 7) is 2.54. The molecule has 1 amide bonds. The van der Waals surface area contributed by atoms with E-state index in [2.05, 4.69) is 10.3 Å². The smallest absolute Gasteiger partial charge is 0.313 e. The predicted molar refractivity (Wildman–Crippen MR) is 92.0 cm³/mol. The molecule has 2 heterocycles. The minimum absolute atomic E-state index is 0.112. The summed E-state index contributed by atoms with van der Waals surface area (Å²) in [5, 5.41) is 14.3. The first kappa shape index (κ1) is 16.2. The molecular formula is C16H15ClN4O3. The highest BCUT2D eigenvalue weighted by Gasteiger charge is 2.23. The number of nitrogens with zero attached hydrogens (tertiary/aromatic N) is 3. The van der Waals surface area contributed by atoms with Crippen LogP contribution < -0.4 is 10.2 Å². The molecule has 0 unspecified atom stereocenters. The van der Waals surface area contributed by atoms with Crippen LogP contribution in [-0.2, 0) is 11.2 Å². The van der Waals surface area contributed by atoms with Crippen molar-refractivity contribution >= 4 is 40.4 Å². The molecule has 0 saturated heterocycles. The van der Waals surface area contributed by atoms with Crippen molar-refractivity contribution < 1.29 is 9.72 Å². The quantitative estimate of drug-likeness (QED) is 0.673. The molecule has 0 atom stereocenters.